The smallest absolute Gasteiger partial charge is 0.322 e. The van der Waals surface area contributed by atoms with Crippen molar-refractivity contribution in [3.8, 4) is 0 Å². The first-order valence-corrected chi connectivity index (χ1v) is 12.8. The number of aliphatic imine (C=N–C) groups is 1. The molecule has 32 heavy (non-hydrogen) atoms. The molecule has 2 aromatic carbocycles. The molecular weight excluding hydrogens is 471 g/mol. The van der Waals surface area contributed by atoms with E-state index in [0.29, 0.717) is 36.2 Å². The van der Waals surface area contributed by atoms with E-state index in [1.807, 2.05) is 36.4 Å². The fraction of sp³-hybridized carbons (Fsp3) is 0.364. The van der Waals surface area contributed by atoms with Gasteiger partial charge < -0.3 is 4.90 Å². The Labute approximate surface area is 198 Å². The van der Waals surface area contributed by atoms with Gasteiger partial charge in [-0.3, -0.25) is 9.89 Å². The molecule has 0 spiro atoms. The number of halogens is 2. The summed E-state index contributed by atoms with van der Waals surface area (Å²) < 4.78 is 25.7. The number of nitrogens with zero attached hydrogens (tertiary/aromatic N) is 4. The second-order valence-electron chi connectivity index (χ2n) is 7.73. The highest BCUT2D eigenvalue weighted by Crippen LogP contribution is 2.41. The first kappa shape index (κ1) is 23.0. The van der Waals surface area contributed by atoms with Crippen LogP contribution in [0.3, 0.4) is 0 Å². The molecule has 2 amide bonds. The highest BCUT2D eigenvalue weighted by atomic mass is 35.5. The third-order valence-electron chi connectivity index (χ3n) is 5.86. The van der Waals surface area contributed by atoms with E-state index in [9.17, 15) is 13.2 Å². The summed E-state index contributed by atoms with van der Waals surface area (Å²) in [6.45, 7) is 2.88. The molecule has 0 saturated carbocycles. The van der Waals surface area contributed by atoms with Crippen molar-refractivity contribution < 1.29 is 13.2 Å². The van der Waals surface area contributed by atoms with E-state index < -0.39 is 10.0 Å². The highest BCUT2D eigenvalue weighted by molar-refractivity contribution is 7.89. The maximum absolute atomic E-state index is 13.5. The number of piperazine rings is 1. The lowest BCUT2D eigenvalue weighted by molar-refractivity contribution is 0.144. The number of rotatable bonds is 4. The molecule has 2 atom stereocenters. The van der Waals surface area contributed by atoms with Gasteiger partial charge in [-0.25, -0.2) is 13.2 Å². The fourth-order valence-electron chi connectivity index (χ4n) is 4.05. The van der Waals surface area contributed by atoms with Gasteiger partial charge in [-0.1, -0.05) is 47.5 Å². The Kier molecular flexibility index (Phi) is 6.76. The van der Waals surface area contributed by atoms with Gasteiger partial charge in [0.25, 0.3) is 0 Å². The summed E-state index contributed by atoms with van der Waals surface area (Å²) in [4.78, 5) is 21.4. The standard InChI is InChI=1S/C22H24Cl2N4O3S/c1-2-32(30,31)27-13-11-26(12-14-27)22(29)28-15-25-20(16-3-7-18(23)8-4-16)21(28)17-5-9-19(24)10-6-17/h3-10,15,20-21H,2,11-14H2,1H3. The minimum absolute atomic E-state index is 0.0567. The van der Waals surface area contributed by atoms with Gasteiger partial charge in [-0.05, 0) is 42.3 Å². The summed E-state index contributed by atoms with van der Waals surface area (Å²) in [5, 5.41) is 1.24. The van der Waals surface area contributed by atoms with Crippen LogP contribution < -0.4 is 0 Å². The van der Waals surface area contributed by atoms with Crippen molar-refractivity contribution in [1.29, 1.82) is 0 Å². The van der Waals surface area contributed by atoms with Crippen LogP contribution >= 0.6 is 23.2 Å². The fourth-order valence-corrected chi connectivity index (χ4v) is 5.39. The van der Waals surface area contributed by atoms with Crippen LogP contribution in [0, 0.1) is 0 Å². The Balaban J connectivity index is 1.58. The molecule has 2 unspecified atom stereocenters. The number of hydrogen-bond donors (Lipinski definition) is 0. The van der Waals surface area contributed by atoms with Crippen molar-refractivity contribution in [3.05, 3.63) is 69.7 Å². The molecule has 2 heterocycles. The van der Waals surface area contributed by atoms with Gasteiger partial charge in [0.05, 0.1) is 18.1 Å². The molecule has 2 aliphatic rings. The third kappa shape index (κ3) is 4.64. The minimum atomic E-state index is -3.26. The van der Waals surface area contributed by atoms with Gasteiger partial charge in [0.1, 0.15) is 6.04 Å². The minimum Gasteiger partial charge on any atom is -0.322 e. The molecular formula is C22H24Cl2N4O3S. The summed E-state index contributed by atoms with van der Waals surface area (Å²) >= 11 is 12.1. The van der Waals surface area contributed by atoms with Crippen molar-refractivity contribution in [2.24, 2.45) is 4.99 Å². The topological polar surface area (TPSA) is 73.3 Å². The number of hydrogen-bond acceptors (Lipinski definition) is 4. The van der Waals surface area contributed by atoms with E-state index in [1.165, 1.54) is 4.31 Å². The molecule has 1 saturated heterocycles. The normalized spacial score (nSPS) is 21.8. The third-order valence-corrected chi connectivity index (χ3v) is 8.25. The van der Waals surface area contributed by atoms with Gasteiger partial charge in [0.15, 0.2) is 0 Å². The average molecular weight is 495 g/mol. The predicted molar refractivity (Wildman–Crippen MR) is 127 cm³/mol. The Morgan fingerprint density at radius 3 is 2.00 bits per heavy atom. The number of carbonyl (C=O) groups is 1. The zero-order valence-corrected chi connectivity index (χ0v) is 19.9. The molecule has 0 bridgehead atoms. The van der Waals surface area contributed by atoms with Crippen LogP contribution in [-0.2, 0) is 10.0 Å². The van der Waals surface area contributed by atoms with Gasteiger partial charge >= 0.3 is 6.03 Å². The van der Waals surface area contributed by atoms with E-state index in [-0.39, 0.29) is 23.9 Å². The maximum Gasteiger partial charge on any atom is 0.325 e. The first-order chi connectivity index (χ1) is 15.3. The van der Waals surface area contributed by atoms with Gasteiger partial charge in [0, 0.05) is 36.2 Å². The van der Waals surface area contributed by atoms with Crippen LogP contribution in [0.15, 0.2) is 53.5 Å². The summed E-state index contributed by atoms with van der Waals surface area (Å²) in [5.41, 5.74) is 1.85. The summed E-state index contributed by atoms with van der Waals surface area (Å²) in [6, 6.07) is 14.0. The lowest BCUT2D eigenvalue weighted by Gasteiger charge is -2.37. The van der Waals surface area contributed by atoms with E-state index in [1.54, 1.807) is 35.2 Å². The number of urea groups is 1. The molecule has 1 fully saturated rings. The lowest BCUT2D eigenvalue weighted by Crippen LogP contribution is -2.54. The monoisotopic (exact) mass is 494 g/mol. The Bertz CT molecular complexity index is 1100. The summed E-state index contributed by atoms with van der Waals surface area (Å²) in [5.74, 6) is 0.0567. The number of benzene rings is 2. The average Bonchev–Trinajstić information content (AvgIpc) is 3.24. The van der Waals surface area contributed by atoms with Gasteiger partial charge in [-0.2, -0.15) is 4.31 Å². The quantitative estimate of drug-likeness (QED) is 0.638. The molecule has 170 valence electrons. The Morgan fingerprint density at radius 2 is 1.47 bits per heavy atom. The molecule has 0 N–H and O–H groups in total. The van der Waals surface area contributed by atoms with Crippen molar-refractivity contribution >= 4 is 45.6 Å². The Morgan fingerprint density at radius 1 is 0.938 bits per heavy atom. The van der Waals surface area contributed by atoms with Gasteiger partial charge in [0.2, 0.25) is 10.0 Å². The number of carbonyl (C=O) groups excluding carboxylic acids is 1. The van der Waals surface area contributed by atoms with E-state index in [4.69, 9.17) is 23.2 Å². The zero-order chi connectivity index (χ0) is 22.9. The maximum atomic E-state index is 13.5. The lowest BCUT2D eigenvalue weighted by atomic mass is 9.94. The molecule has 4 rings (SSSR count). The van der Waals surface area contributed by atoms with Crippen molar-refractivity contribution in [2.75, 3.05) is 31.9 Å². The van der Waals surface area contributed by atoms with E-state index >= 15 is 0 Å². The Hall–Kier alpha value is -2.13. The number of amides is 2. The molecule has 10 heteroatoms. The van der Waals surface area contributed by atoms with Crippen LogP contribution in [0.25, 0.3) is 0 Å². The van der Waals surface area contributed by atoms with E-state index in [2.05, 4.69) is 4.99 Å². The first-order valence-electron chi connectivity index (χ1n) is 10.4. The second kappa shape index (κ2) is 9.39. The van der Waals surface area contributed by atoms with Crippen molar-refractivity contribution in [1.82, 2.24) is 14.1 Å². The molecule has 0 radical (unpaired) electrons. The van der Waals surface area contributed by atoms with Crippen LogP contribution in [0.4, 0.5) is 4.79 Å². The molecule has 7 nitrogen and oxygen atoms in total. The largest absolute Gasteiger partial charge is 0.325 e. The predicted octanol–water partition coefficient (Wildman–Crippen LogP) is 4.21. The van der Waals surface area contributed by atoms with Crippen LogP contribution in [0.5, 0.6) is 0 Å². The SMILES string of the molecule is CCS(=O)(=O)N1CCN(C(=O)N2C=NC(c3ccc(Cl)cc3)C2c2ccc(Cl)cc2)CC1. The number of sulfonamides is 1. The second-order valence-corrected chi connectivity index (χ2v) is 10.9. The van der Waals surface area contributed by atoms with E-state index in [0.717, 1.165) is 11.1 Å². The summed E-state index contributed by atoms with van der Waals surface area (Å²) in [6.07, 6.45) is 1.58. The molecule has 0 aliphatic carbocycles. The zero-order valence-electron chi connectivity index (χ0n) is 17.6. The molecule has 2 aromatic rings. The van der Waals surface area contributed by atoms with Gasteiger partial charge in [-0.15, -0.1) is 0 Å². The van der Waals surface area contributed by atoms with Crippen molar-refractivity contribution in [2.45, 2.75) is 19.0 Å². The van der Waals surface area contributed by atoms with Crippen LogP contribution in [0.1, 0.15) is 30.1 Å². The van der Waals surface area contributed by atoms with Crippen molar-refractivity contribution in [3.63, 3.8) is 0 Å². The molecule has 2 aliphatic heterocycles. The van der Waals surface area contributed by atoms with Crippen LogP contribution in [-0.4, -0.2) is 66.8 Å². The molecule has 0 aromatic heterocycles. The highest BCUT2D eigenvalue weighted by Gasteiger charge is 2.39. The summed E-state index contributed by atoms with van der Waals surface area (Å²) in [7, 11) is -3.26. The van der Waals surface area contributed by atoms with Crippen LogP contribution in [0.2, 0.25) is 10.0 Å².